The average molecular weight is 199 g/mol. The summed E-state index contributed by atoms with van der Waals surface area (Å²) < 4.78 is 0. The highest BCUT2D eigenvalue weighted by Gasteiger charge is 2.20. The van der Waals surface area contributed by atoms with Crippen molar-refractivity contribution < 1.29 is 0 Å². The van der Waals surface area contributed by atoms with Gasteiger partial charge in [-0.3, -0.25) is 0 Å². The lowest BCUT2D eigenvalue weighted by Crippen LogP contribution is -2.33. The SMILES string of the molecule is CCNCCN(C)CC1CCN(C)C1. The molecule has 1 heterocycles. The van der Waals surface area contributed by atoms with Gasteiger partial charge in [0.15, 0.2) is 0 Å². The van der Waals surface area contributed by atoms with E-state index in [1.807, 2.05) is 0 Å². The van der Waals surface area contributed by atoms with Gasteiger partial charge >= 0.3 is 0 Å². The van der Waals surface area contributed by atoms with Crippen LogP contribution < -0.4 is 5.32 Å². The van der Waals surface area contributed by atoms with Crippen LogP contribution in [0, 0.1) is 5.92 Å². The Morgan fingerprint density at radius 3 is 2.86 bits per heavy atom. The molecular weight excluding hydrogens is 174 g/mol. The Balaban J connectivity index is 2.05. The highest BCUT2D eigenvalue weighted by molar-refractivity contribution is 4.75. The van der Waals surface area contributed by atoms with Crippen LogP contribution in [0.25, 0.3) is 0 Å². The zero-order valence-electron chi connectivity index (χ0n) is 9.92. The molecule has 3 nitrogen and oxygen atoms in total. The zero-order chi connectivity index (χ0) is 10.4. The molecule has 14 heavy (non-hydrogen) atoms. The number of rotatable bonds is 6. The second kappa shape index (κ2) is 6.38. The van der Waals surface area contributed by atoms with E-state index in [4.69, 9.17) is 0 Å². The lowest BCUT2D eigenvalue weighted by Gasteiger charge is -2.20. The van der Waals surface area contributed by atoms with Gasteiger partial charge < -0.3 is 15.1 Å². The van der Waals surface area contributed by atoms with E-state index < -0.39 is 0 Å². The van der Waals surface area contributed by atoms with E-state index in [0.29, 0.717) is 0 Å². The molecule has 1 atom stereocenters. The molecule has 1 aliphatic rings. The van der Waals surface area contributed by atoms with Gasteiger partial charge in [-0.1, -0.05) is 6.92 Å². The predicted molar refractivity (Wildman–Crippen MR) is 61.6 cm³/mol. The molecule has 0 spiro atoms. The maximum absolute atomic E-state index is 3.36. The third-order valence-corrected chi connectivity index (χ3v) is 2.98. The molecule has 0 bridgehead atoms. The Hall–Kier alpha value is -0.120. The van der Waals surface area contributed by atoms with Crippen molar-refractivity contribution in [2.24, 2.45) is 5.92 Å². The van der Waals surface area contributed by atoms with E-state index in [1.165, 1.54) is 32.6 Å². The van der Waals surface area contributed by atoms with Gasteiger partial charge in [0, 0.05) is 26.2 Å². The number of hydrogen-bond acceptors (Lipinski definition) is 3. The van der Waals surface area contributed by atoms with Crippen LogP contribution >= 0.6 is 0 Å². The van der Waals surface area contributed by atoms with Gasteiger partial charge in [-0.15, -0.1) is 0 Å². The van der Waals surface area contributed by atoms with Crippen LogP contribution in [0.2, 0.25) is 0 Å². The summed E-state index contributed by atoms with van der Waals surface area (Å²) in [5.74, 6) is 0.895. The number of likely N-dealkylation sites (tertiary alicyclic amines) is 1. The largest absolute Gasteiger partial charge is 0.316 e. The summed E-state index contributed by atoms with van der Waals surface area (Å²) in [5, 5.41) is 3.36. The molecule has 0 aromatic rings. The maximum atomic E-state index is 3.36. The molecular formula is C11H25N3. The highest BCUT2D eigenvalue weighted by atomic mass is 15.2. The quantitative estimate of drug-likeness (QED) is 0.628. The standard InChI is InChI=1S/C11H25N3/c1-4-12-6-8-14(3)10-11-5-7-13(2)9-11/h11-12H,4-10H2,1-3H3. The molecule has 1 rings (SSSR count). The van der Waals surface area contributed by atoms with E-state index in [1.54, 1.807) is 0 Å². The lowest BCUT2D eigenvalue weighted by atomic mass is 10.1. The van der Waals surface area contributed by atoms with E-state index >= 15 is 0 Å². The molecule has 0 aromatic carbocycles. The van der Waals surface area contributed by atoms with Crippen molar-refractivity contribution in [1.29, 1.82) is 0 Å². The van der Waals surface area contributed by atoms with Crippen LogP contribution in [-0.4, -0.2) is 63.2 Å². The molecule has 0 radical (unpaired) electrons. The molecule has 1 fully saturated rings. The van der Waals surface area contributed by atoms with E-state index in [-0.39, 0.29) is 0 Å². The maximum Gasteiger partial charge on any atom is 0.0104 e. The Morgan fingerprint density at radius 1 is 1.50 bits per heavy atom. The topological polar surface area (TPSA) is 18.5 Å². The van der Waals surface area contributed by atoms with E-state index in [0.717, 1.165) is 19.0 Å². The van der Waals surface area contributed by atoms with Crippen molar-refractivity contribution >= 4 is 0 Å². The van der Waals surface area contributed by atoms with E-state index in [9.17, 15) is 0 Å². The second-order valence-electron chi connectivity index (χ2n) is 4.53. The average Bonchev–Trinajstić information content (AvgIpc) is 2.52. The predicted octanol–water partition coefficient (Wildman–Crippen LogP) is 0.479. The summed E-state index contributed by atoms with van der Waals surface area (Å²) in [6, 6.07) is 0. The van der Waals surface area contributed by atoms with Crippen LogP contribution in [0.4, 0.5) is 0 Å². The van der Waals surface area contributed by atoms with Gasteiger partial charge in [0.2, 0.25) is 0 Å². The van der Waals surface area contributed by atoms with Crippen molar-refractivity contribution in [3.63, 3.8) is 0 Å². The van der Waals surface area contributed by atoms with Crippen molar-refractivity contribution in [3.05, 3.63) is 0 Å². The van der Waals surface area contributed by atoms with Gasteiger partial charge in [0.25, 0.3) is 0 Å². The van der Waals surface area contributed by atoms with Crippen molar-refractivity contribution in [2.45, 2.75) is 13.3 Å². The fourth-order valence-corrected chi connectivity index (χ4v) is 2.15. The van der Waals surface area contributed by atoms with Crippen LogP contribution in [-0.2, 0) is 0 Å². The van der Waals surface area contributed by atoms with Crippen molar-refractivity contribution in [1.82, 2.24) is 15.1 Å². The summed E-state index contributed by atoms with van der Waals surface area (Å²) in [5.41, 5.74) is 0. The summed E-state index contributed by atoms with van der Waals surface area (Å²) in [6.45, 7) is 9.36. The minimum absolute atomic E-state index is 0.895. The first-order chi connectivity index (χ1) is 6.72. The Bertz CT molecular complexity index is 149. The Morgan fingerprint density at radius 2 is 2.29 bits per heavy atom. The lowest BCUT2D eigenvalue weighted by molar-refractivity contribution is 0.274. The number of nitrogens with one attached hydrogen (secondary N) is 1. The van der Waals surface area contributed by atoms with Crippen LogP contribution in [0.1, 0.15) is 13.3 Å². The van der Waals surface area contributed by atoms with Crippen molar-refractivity contribution in [2.75, 3.05) is 53.4 Å². The zero-order valence-corrected chi connectivity index (χ0v) is 9.92. The minimum Gasteiger partial charge on any atom is -0.316 e. The van der Waals surface area contributed by atoms with Gasteiger partial charge in [0.1, 0.15) is 0 Å². The third kappa shape index (κ3) is 4.40. The van der Waals surface area contributed by atoms with Crippen molar-refractivity contribution in [3.8, 4) is 0 Å². The molecule has 84 valence electrons. The number of hydrogen-bond donors (Lipinski definition) is 1. The first-order valence-corrected chi connectivity index (χ1v) is 5.80. The fourth-order valence-electron chi connectivity index (χ4n) is 2.15. The van der Waals surface area contributed by atoms with Crippen LogP contribution in [0.15, 0.2) is 0 Å². The van der Waals surface area contributed by atoms with Gasteiger partial charge in [-0.25, -0.2) is 0 Å². The van der Waals surface area contributed by atoms with E-state index in [2.05, 4.69) is 36.1 Å². The Kier molecular flexibility index (Phi) is 5.45. The summed E-state index contributed by atoms with van der Waals surface area (Å²) in [4.78, 5) is 4.88. The molecule has 0 aromatic heterocycles. The summed E-state index contributed by atoms with van der Waals surface area (Å²) in [6.07, 6.45) is 1.38. The van der Waals surface area contributed by atoms with Gasteiger partial charge in [0.05, 0.1) is 0 Å². The third-order valence-electron chi connectivity index (χ3n) is 2.98. The molecule has 1 saturated heterocycles. The monoisotopic (exact) mass is 199 g/mol. The molecule has 1 aliphatic heterocycles. The fraction of sp³-hybridized carbons (Fsp3) is 1.00. The summed E-state index contributed by atoms with van der Waals surface area (Å²) >= 11 is 0. The first-order valence-electron chi connectivity index (χ1n) is 5.80. The van der Waals surface area contributed by atoms with Gasteiger partial charge in [-0.05, 0) is 39.5 Å². The molecule has 3 heteroatoms. The summed E-state index contributed by atoms with van der Waals surface area (Å²) in [7, 11) is 4.45. The molecule has 1 N–H and O–H groups in total. The molecule has 0 amide bonds. The van der Waals surface area contributed by atoms with Crippen LogP contribution in [0.5, 0.6) is 0 Å². The smallest absolute Gasteiger partial charge is 0.0104 e. The molecule has 0 saturated carbocycles. The normalized spacial score (nSPS) is 23.6. The molecule has 1 unspecified atom stereocenters. The second-order valence-corrected chi connectivity index (χ2v) is 4.53. The number of likely N-dealkylation sites (N-methyl/N-ethyl adjacent to an activating group) is 2. The first kappa shape index (κ1) is 12.0. The minimum atomic E-state index is 0.895. The highest BCUT2D eigenvalue weighted by Crippen LogP contribution is 2.14. The number of nitrogens with zero attached hydrogens (tertiary/aromatic N) is 2. The van der Waals surface area contributed by atoms with Gasteiger partial charge in [-0.2, -0.15) is 0 Å². The Labute approximate surface area is 88.5 Å². The molecule has 0 aliphatic carbocycles. The van der Waals surface area contributed by atoms with Crippen LogP contribution in [0.3, 0.4) is 0 Å².